The van der Waals surface area contributed by atoms with Gasteiger partial charge < -0.3 is 20.7 Å². The Hall–Kier alpha value is -1.51. The number of guanidine groups is 1. The summed E-state index contributed by atoms with van der Waals surface area (Å²) in [6.07, 6.45) is 2.06. The van der Waals surface area contributed by atoms with Crippen molar-refractivity contribution in [3.05, 3.63) is 29.8 Å². The smallest absolute Gasteiger partial charge is 0.223 e. The lowest BCUT2D eigenvalue weighted by molar-refractivity contribution is -0.122. The highest BCUT2D eigenvalue weighted by Gasteiger charge is 2.28. The molecule has 0 saturated heterocycles. The van der Waals surface area contributed by atoms with Crippen molar-refractivity contribution in [2.24, 2.45) is 16.8 Å². The first-order valence-electron chi connectivity index (χ1n) is 9.60. The molecule has 0 heterocycles. The predicted octanol–water partition coefficient (Wildman–Crippen LogP) is 2.92. The van der Waals surface area contributed by atoms with E-state index in [0.29, 0.717) is 25.6 Å². The molecule has 1 aliphatic rings. The van der Waals surface area contributed by atoms with Crippen molar-refractivity contribution in [1.29, 1.82) is 0 Å². The van der Waals surface area contributed by atoms with Gasteiger partial charge in [-0.2, -0.15) is 0 Å². The Balaban J connectivity index is 0.00000364. The summed E-state index contributed by atoms with van der Waals surface area (Å²) in [5, 5.41) is 9.41. The molecule has 6 nitrogen and oxygen atoms in total. The quantitative estimate of drug-likeness (QED) is 0.205. The SMILES string of the molecule is CCNC(=NCc1ccc(OCC(C)C)cc1)NCCNC(=O)C1CC1.I. The van der Waals surface area contributed by atoms with Crippen molar-refractivity contribution in [2.45, 2.75) is 40.2 Å². The number of nitrogens with zero attached hydrogens (tertiary/aromatic N) is 1. The molecule has 152 valence electrons. The Bertz CT molecular complexity index is 586. The fourth-order valence-electron chi connectivity index (χ4n) is 2.32. The van der Waals surface area contributed by atoms with E-state index in [4.69, 9.17) is 4.74 Å². The molecule has 0 atom stereocenters. The monoisotopic (exact) mass is 488 g/mol. The molecule has 7 heteroatoms. The van der Waals surface area contributed by atoms with E-state index in [1.54, 1.807) is 0 Å². The molecule has 1 aliphatic carbocycles. The number of carbonyl (C=O) groups is 1. The van der Waals surface area contributed by atoms with Crippen LogP contribution < -0.4 is 20.7 Å². The van der Waals surface area contributed by atoms with E-state index in [2.05, 4.69) is 34.8 Å². The highest BCUT2D eigenvalue weighted by Crippen LogP contribution is 2.28. The molecule has 0 unspecified atom stereocenters. The first-order chi connectivity index (χ1) is 12.6. The van der Waals surface area contributed by atoms with Gasteiger partial charge in [0.05, 0.1) is 13.2 Å². The van der Waals surface area contributed by atoms with Crippen molar-refractivity contribution in [1.82, 2.24) is 16.0 Å². The number of amides is 1. The second kappa shape index (κ2) is 12.8. The first-order valence-corrected chi connectivity index (χ1v) is 9.60. The van der Waals surface area contributed by atoms with Gasteiger partial charge in [0.15, 0.2) is 5.96 Å². The minimum absolute atomic E-state index is 0. The lowest BCUT2D eigenvalue weighted by atomic mass is 10.2. The summed E-state index contributed by atoms with van der Waals surface area (Å²) in [6, 6.07) is 8.05. The maximum atomic E-state index is 11.6. The maximum Gasteiger partial charge on any atom is 0.223 e. The van der Waals surface area contributed by atoms with E-state index in [1.807, 2.05) is 31.2 Å². The number of carbonyl (C=O) groups excluding carboxylic acids is 1. The number of halogens is 1. The van der Waals surface area contributed by atoms with Gasteiger partial charge in [0.25, 0.3) is 0 Å². The van der Waals surface area contributed by atoms with Crippen molar-refractivity contribution in [2.75, 3.05) is 26.2 Å². The molecule has 1 saturated carbocycles. The molecule has 1 aromatic carbocycles. The van der Waals surface area contributed by atoms with Gasteiger partial charge in [-0.1, -0.05) is 26.0 Å². The average Bonchev–Trinajstić information content (AvgIpc) is 3.47. The summed E-state index contributed by atoms with van der Waals surface area (Å²) in [5.41, 5.74) is 1.13. The first kappa shape index (κ1) is 23.5. The van der Waals surface area contributed by atoms with E-state index >= 15 is 0 Å². The van der Waals surface area contributed by atoms with E-state index in [9.17, 15) is 4.79 Å². The largest absolute Gasteiger partial charge is 0.493 e. The predicted molar refractivity (Wildman–Crippen MR) is 121 cm³/mol. The number of ether oxygens (including phenoxy) is 1. The van der Waals surface area contributed by atoms with Crippen LogP contribution in [0, 0.1) is 11.8 Å². The van der Waals surface area contributed by atoms with Crippen LogP contribution in [0.3, 0.4) is 0 Å². The van der Waals surface area contributed by atoms with Gasteiger partial charge in [0.1, 0.15) is 5.75 Å². The summed E-state index contributed by atoms with van der Waals surface area (Å²) in [5.74, 6) is 2.59. The van der Waals surface area contributed by atoms with Gasteiger partial charge in [-0.25, -0.2) is 4.99 Å². The second-order valence-corrected chi connectivity index (χ2v) is 7.04. The summed E-state index contributed by atoms with van der Waals surface area (Å²) in [4.78, 5) is 16.2. The maximum absolute atomic E-state index is 11.6. The van der Waals surface area contributed by atoms with E-state index < -0.39 is 0 Å². The average molecular weight is 488 g/mol. The van der Waals surface area contributed by atoms with Gasteiger partial charge in [0.2, 0.25) is 5.91 Å². The Morgan fingerprint density at radius 1 is 1.15 bits per heavy atom. The summed E-state index contributed by atoms with van der Waals surface area (Å²) in [7, 11) is 0. The minimum Gasteiger partial charge on any atom is -0.493 e. The van der Waals surface area contributed by atoms with Gasteiger partial charge in [0, 0.05) is 25.6 Å². The fourth-order valence-corrected chi connectivity index (χ4v) is 2.32. The third-order valence-corrected chi connectivity index (χ3v) is 3.94. The van der Waals surface area contributed by atoms with Crippen LogP contribution >= 0.6 is 24.0 Å². The number of nitrogens with one attached hydrogen (secondary N) is 3. The molecule has 0 radical (unpaired) electrons. The topological polar surface area (TPSA) is 74.8 Å². The Labute approximate surface area is 179 Å². The highest BCUT2D eigenvalue weighted by atomic mass is 127. The summed E-state index contributed by atoms with van der Waals surface area (Å²) < 4.78 is 5.70. The van der Waals surface area contributed by atoms with Gasteiger partial charge in [-0.05, 0) is 43.4 Å². The van der Waals surface area contributed by atoms with Crippen LogP contribution in [-0.2, 0) is 11.3 Å². The third-order valence-electron chi connectivity index (χ3n) is 3.94. The van der Waals surface area contributed by atoms with Crippen LogP contribution in [0.1, 0.15) is 39.2 Å². The molecule has 0 aliphatic heterocycles. The van der Waals surface area contributed by atoms with Crippen LogP contribution in [0.5, 0.6) is 5.75 Å². The van der Waals surface area contributed by atoms with Crippen molar-refractivity contribution < 1.29 is 9.53 Å². The molecule has 3 N–H and O–H groups in total. The zero-order valence-corrected chi connectivity index (χ0v) is 18.9. The molecule has 0 aromatic heterocycles. The summed E-state index contributed by atoms with van der Waals surface area (Å²) in [6.45, 7) is 9.69. The molecule has 1 aromatic rings. The zero-order chi connectivity index (χ0) is 18.8. The molecule has 27 heavy (non-hydrogen) atoms. The zero-order valence-electron chi connectivity index (χ0n) is 16.6. The third kappa shape index (κ3) is 9.83. The lowest BCUT2D eigenvalue weighted by Crippen LogP contribution is -2.41. The molecule has 1 amide bonds. The lowest BCUT2D eigenvalue weighted by Gasteiger charge is -2.12. The van der Waals surface area contributed by atoms with Gasteiger partial charge >= 0.3 is 0 Å². The highest BCUT2D eigenvalue weighted by molar-refractivity contribution is 14.0. The van der Waals surface area contributed by atoms with E-state index in [0.717, 1.165) is 43.3 Å². The van der Waals surface area contributed by atoms with Crippen LogP contribution in [0.2, 0.25) is 0 Å². The molecular formula is C20H33IN4O2. The summed E-state index contributed by atoms with van der Waals surface area (Å²) >= 11 is 0. The van der Waals surface area contributed by atoms with Crippen LogP contribution in [0.25, 0.3) is 0 Å². The van der Waals surface area contributed by atoms with E-state index in [1.165, 1.54) is 0 Å². The van der Waals surface area contributed by atoms with Gasteiger partial charge in [-0.3, -0.25) is 4.79 Å². The number of rotatable bonds is 10. The Morgan fingerprint density at radius 3 is 2.41 bits per heavy atom. The Morgan fingerprint density at radius 2 is 1.81 bits per heavy atom. The van der Waals surface area contributed by atoms with Crippen LogP contribution in [0.4, 0.5) is 0 Å². The van der Waals surface area contributed by atoms with Crippen molar-refractivity contribution >= 4 is 35.8 Å². The molecule has 0 spiro atoms. The standard InChI is InChI=1S/C20H32N4O2.HI/c1-4-21-20(23-12-11-22-19(25)17-7-8-17)24-13-16-5-9-18(10-6-16)26-14-15(2)3;/h5-6,9-10,15,17H,4,7-8,11-14H2,1-3H3,(H,22,25)(H2,21,23,24);1H. The van der Waals surface area contributed by atoms with Crippen LogP contribution in [0.15, 0.2) is 29.3 Å². The van der Waals surface area contributed by atoms with E-state index in [-0.39, 0.29) is 35.8 Å². The molecule has 0 bridgehead atoms. The normalized spacial score (nSPS) is 13.7. The molecular weight excluding hydrogens is 455 g/mol. The molecule has 1 fully saturated rings. The number of benzene rings is 1. The molecule has 2 rings (SSSR count). The number of aliphatic imine (C=N–C) groups is 1. The van der Waals surface area contributed by atoms with Crippen molar-refractivity contribution in [3.8, 4) is 5.75 Å². The second-order valence-electron chi connectivity index (χ2n) is 7.04. The van der Waals surface area contributed by atoms with Crippen molar-refractivity contribution in [3.63, 3.8) is 0 Å². The van der Waals surface area contributed by atoms with Crippen LogP contribution in [-0.4, -0.2) is 38.1 Å². The minimum atomic E-state index is 0. The van der Waals surface area contributed by atoms with Gasteiger partial charge in [-0.15, -0.1) is 24.0 Å². The number of hydrogen-bond donors (Lipinski definition) is 3. The fraction of sp³-hybridized carbons (Fsp3) is 0.600. The Kier molecular flexibility index (Phi) is 11.2. The number of hydrogen-bond acceptors (Lipinski definition) is 3.